The molecule has 0 unspecified atom stereocenters. The highest BCUT2D eigenvalue weighted by Crippen LogP contribution is 2.40. The number of nitrogens with zero attached hydrogens (tertiary/aromatic N) is 5. The van der Waals surface area contributed by atoms with Gasteiger partial charge < -0.3 is 10.0 Å². The van der Waals surface area contributed by atoms with Gasteiger partial charge in [0.15, 0.2) is 5.82 Å². The average Bonchev–Trinajstić information content (AvgIpc) is 3.31. The molecule has 0 bridgehead atoms. The Hall–Kier alpha value is -1.80. The SMILES string of the molecule is CCC1(c2cscn2)CCN(c2nc(C)c(-c3ccnc(Cl)c3Cl)nc2CO)CC1. The molecule has 1 aliphatic rings. The van der Waals surface area contributed by atoms with Crippen molar-refractivity contribution >= 4 is 40.4 Å². The Morgan fingerprint density at radius 2 is 1.97 bits per heavy atom. The van der Waals surface area contributed by atoms with Crippen LogP contribution in [0.2, 0.25) is 10.2 Å². The highest BCUT2D eigenvalue weighted by atomic mass is 35.5. The fourth-order valence-corrected chi connectivity index (χ4v) is 5.20. The Bertz CT molecular complexity index is 1040. The third-order valence-corrected chi connectivity index (χ3v) is 7.40. The van der Waals surface area contributed by atoms with E-state index in [4.69, 9.17) is 33.2 Å². The number of piperidine rings is 1. The van der Waals surface area contributed by atoms with E-state index in [9.17, 15) is 5.11 Å². The molecule has 0 spiro atoms. The van der Waals surface area contributed by atoms with E-state index >= 15 is 0 Å². The number of thiazole rings is 1. The van der Waals surface area contributed by atoms with Gasteiger partial charge in [-0.25, -0.2) is 19.9 Å². The van der Waals surface area contributed by atoms with Crippen LogP contribution in [-0.2, 0) is 12.0 Å². The molecule has 4 rings (SSSR count). The molecule has 0 radical (unpaired) electrons. The van der Waals surface area contributed by atoms with E-state index in [1.54, 1.807) is 23.6 Å². The Kier molecular flexibility index (Phi) is 6.25. The summed E-state index contributed by atoms with van der Waals surface area (Å²) < 4.78 is 0. The molecular formula is C21H23Cl2N5OS. The van der Waals surface area contributed by atoms with E-state index in [0.717, 1.165) is 43.9 Å². The highest BCUT2D eigenvalue weighted by molar-refractivity contribution is 7.07. The monoisotopic (exact) mass is 463 g/mol. The summed E-state index contributed by atoms with van der Waals surface area (Å²) >= 11 is 14.1. The van der Waals surface area contributed by atoms with Crippen LogP contribution in [0.25, 0.3) is 11.3 Å². The third-order valence-electron chi connectivity index (χ3n) is 6.05. The number of rotatable bonds is 5. The quantitative estimate of drug-likeness (QED) is 0.533. The zero-order valence-electron chi connectivity index (χ0n) is 16.9. The molecule has 30 heavy (non-hydrogen) atoms. The van der Waals surface area contributed by atoms with Crippen molar-refractivity contribution in [2.75, 3.05) is 18.0 Å². The van der Waals surface area contributed by atoms with Crippen molar-refractivity contribution in [1.82, 2.24) is 19.9 Å². The summed E-state index contributed by atoms with van der Waals surface area (Å²) in [5.74, 6) is 0.734. The van der Waals surface area contributed by atoms with Gasteiger partial charge in [0, 0.05) is 35.6 Å². The number of aromatic nitrogens is 4. The molecule has 4 heterocycles. The van der Waals surface area contributed by atoms with E-state index in [2.05, 4.69) is 27.2 Å². The summed E-state index contributed by atoms with van der Waals surface area (Å²) in [5.41, 5.74) is 5.76. The molecule has 6 nitrogen and oxygen atoms in total. The maximum Gasteiger partial charge on any atom is 0.153 e. The molecule has 9 heteroatoms. The van der Waals surface area contributed by atoms with Crippen LogP contribution < -0.4 is 4.90 Å². The lowest BCUT2D eigenvalue weighted by molar-refractivity contribution is 0.274. The number of pyridine rings is 1. The van der Waals surface area contributed by atoms with Crippen LogP contribution in [-0.4, -0.2) is 38.1 Å². The summed E-state index contributed by atoms with van der Waals surface area (Å²) in [7, 11) is 0. The van der Waals surface area contributed by atoms with Crippen molar-refractivity contribution < 1.29 is 5.11 Å². The normalized spacial score (nSPS) is 16.1. The standard InChI is InChI=1S/C21H23Cl2N5OS/c1-3-21(16-11-30-12-25-16)5-8-28(9-6-21)20-15(10-29)27-18(13(2)26-20)14-4-7-24-19(23)17(14)22/h4,7,11-12,29H,3,5-6,8-10H2,1-2H3. The number of aryl methyl sites for hydroxylation is 1. The number of anilines is 1. The zero-order chi connectivity index (χ0) is 21.3. The van der Waals surface area contributed by atoms with Gasteiger partial charge in [0.25, 0.3) is 0 Å². The average molecular weight is 464 g/mol. The second-order valence-corrected chi connectivity index (χ2v) is 9.00. The zero-order valence-corrected chi connectivity index (χ0v) is 19.2. The maximum atomic E-state index is 10.0. The second-order valence-electron chi connectivity index (χ2n) is 7.54. The van der Waals surface area contributed by atoms with Gasteiger partial charge in [-0.1, -0.05) is 30.1 Å². The molecule has 3 aromatic rings. The predicted molar refractivity (Wildman–Crippen MR) is 121 cm³/mol. The van der Waals surface area contributed by atoms with E-state index < -0.39 is 0 Å². The fraction of sp³-hybridized carbons (Fsp3) is 0.429. The summed E-state index contributed by atoms with van der Waals surface area (Å²) in [6.45, 7) is 5.61. The Balaban J connectivity index is 1.64. The molecule has 1 aliphatic heterocycles. The smallest absolute Gasteiger partial charge is 0.153 e. The molecule has 1 saturated heterocycles. The van der Waals surface area contributed by atoms with Gasteiger partial charge in [0.05, 0.1) is 34.2 Å². The maximum absolute atomic E-state index is 10.0. The lowest BCUT2D eigenvalue weighted by Crippen LogP contribution is -2.43. The van der Waals surface area contributed by atoms with E-state index in [1.807, 2.05) is 12.4 Å². The van der Waals surface area contributed by atoms with Gasteiger partial charge in [-0.15, -0.1) is 11.3 Å². The van der Waals surface area contributed by atoms with Crippen LogP contribution in [0.15, 0.2) is 23.2 Å². The van der Waals surface area contributed by atoms with Crippen molar-refractivity contribution in [2.45, 2.75) is 45.1 Å². The van der Waals surface area contributed by atoms with Gasteiger partial charge in [-0.3, -0.25) is 0 Å². The fourth-order valence-electron chi connectivity index (χ4n) is 4.17. The molecule has 0 atom stereocenters. The minimum absolute atomic E-state index is 0.111. The first kappa shape index (κ1) is 21.4. The number of halogens is 2. The van der Waals surface area contributed by atoms with Crippen LogP contribution in [0.5, 0.6) is 0 Å². The molecule has 0 saturated carbocycles. The number of hydrogen-bond acceptors (Lipinski definition) is 7. The highest BCUT2D eigenvalue weighted by Gasteiger charge is 2.37. The molecule has 3 aromatic heterocycles. The van der Waals surface area contributed by atoms with E-state index in [1.165, 1.54) is 5.69 Å². The first-order valence-electron chi connectivity index (χ1n) is 9.91. The summed E-state index contributed by atoms with van der Waals surface area (Å²) in [5, 5.41) is 12.7. The van der Waals surface area contributed by atoms with Gasteiger partial charge >= 0.3 is 0 Å². The lowest BCUT2D eigenvalue weighted by atomic mass is 9.74. The largest absolute Gasteiger partial charge is 0.390 e. The van der Waals surface area contributed by atoms with Crippen LogP contribution >= 0.6 is 34.5 Å². The summed E-state index contributed by atoms with van der Waals surface area (Å²) in [6, 6.07) is 1.76. The van der Waals surface area contributed by atoms with Gasteiger partial charge in [0.1, 0.15) is 10.8 Å². The topological polar surface area (TPSA) is 75.0 Å². The van der Waals surface area contributed by atoms with Crippen LogP contribution in [0.3, 0.4) is 0 Å². The molecule has 158 valence electrons. The number of aliphatic hydroxyl groups excluding tert-OH is 1. The Morgan fingerprint density at radius 3 is 2.60 bits per heavy atom. The van der Waals surface area contributed by atoms with Crippen LogP contribution in [0.1, 0.15) is 43.3 Å². The van der Waals surface area contributed by atoms with Crippen molar-refractivity contribution in [2.24, 2.45) is 0 Å². The molecular weight excluding hydrogens is 441 g/mol. The van der Waals surface area contributed by atoms with Crippen LogP contribution in [0, 0.1) is 6.92 Å². The summed E-state index contributed by atoms with van der Waals surface area (Å²) in [4.78, 5) is 20.3. The second kappa shape index (κ2) is 8.75. The predicted octanol–water partition coefficient (Wildman–Crippen LogP) is 5.05. The molecule has 0 aliphatic carbocycles. The van der Waals surface area contributed by atoms with E-state index in [0.29, 0.717) is 22.0 Å². The number of hydrogen-bond donors (Lipinski definition) is 1. The van der Waals surface area contributed by atoms with Crippen molar-refractivity contribution in [3.63, 3.8) is 0 Å². The first-order valence-corrected chi connectivity index (χ1v) is 11.6. The van der Waals surface area contributed by atoms with Gasteiger partial charge in [-0.2, -0.15) is 0 Å². The minimum Gasteiger partial charge on any atom is -0.390 e. The van der Waals surface area contributed by atoms with Crippen LogP contribution in [0.4, 0.5) is 5.82 Å². The molecule has 1 N–H and O–H groups in total. The molecule has 0 amide bonds. The minimum atomic E-state index is -0.201. The van der Waals surface area contributed by atoms with Crippen molar-refractivity contribution in [3.8, 4) is 11.3 Å². The third kappa shape index (κ3) is 3.80. The molecule has 1 fully saturated rings. The Morgan fingerprint density at radius 1 is 1.20 bits per heavy atom. The van der Waals surface area contributed by atoms with E-state index in [-0.39, 0.29) is 17.2 Å². The van der Waals surface area contributed by atoms with Crippen molar-refractivity contribution in [3.05, 3.63) is 50.4 Å². The Labute approximate surface area is 190 Å². The molecule has 0 aromatic carbocycles. The van der Waals surface area contributed by atoms with Crippen molar-refractivity contribution in [1.29, 1.82) is 0 Å². The lowest BCUT2D eigenvalue weighted by Gasteiger charge is -2.41. The number of aliphatic hydroxyl groups is 1. The first-order chi connectivity index (χ1) is 14.5. The van der Waals surface area contributed by atoms with Gasteiger partial charge in [-0.05, 0) is 32.3 Å². The van der Waals surface area contributed by atoms with Gasteiger partial charge in [0.2, 0.25) is 0 Å². The summed E-state index contributed by atoms with van der Waals surface area (Å²) in [6.07, 6.45) is 4.63.